The number of hydrogen-bond acceptors (Lipinski definition) is 4. The van der Waals surface area contributed by atoms with Crippen molar-refractivity contribution < 1.29 is 5.11 Å². The number of aromatic nitrogens is 3. The third kappa shape index (κ3) is 1.65. The van der Waals surface area contributed by atoms with Gasteiger partial charge in [-0.25, -0.2) is 0 Å². The van der Waals surface area contributed by atoms with Crippen LogP contribution in [0.5, 0.6) is 0 Å². The van der Waals surface area contributed by atoms with Crippen LogP contribution in [-0.4, -0.2) is 26.6 Å². The Hall–Kier alpha value is -0.940. The van der Waals surface area contributed by atoms with Crippen LogP contribution in [0.3, 0.4) is 0 Å². The van der Waals surface area contributed by atoms with E-state index in [2.05, 4.69) is 10.3 Å². The molecule has 0 spiro atoms. The van der Waals surface area contributed by atoms with Gasteiger partial charge in [0.1, 0.15) is 11.3 Å². The molecule has 3 N–H and O–H groups in total. The molecule has 1 unspecified atom stereocenters. The largest absolute Gasteiger partial charge is 0.382 e. The van der Waals surface area contributed by atoms with Crippen LogP contribution in [0, 0.1) is 5.41 Å². The summed E-state index contributed by atoms with van der Waals surface area (Å²) in [6.45, 7) is 5.91. The molecule has 0 radical (unpaired) electrons. The first-order valence-corrected chi connectivity index (χ1v) is 4.60. The normalized spacial score (nSPS) is 16.7. The first-order chi connectivity index (χ1) is 6.31. The molecule has 14 heavy (non-hydrogen) atoms. The number of aliphatic hydroxyl groups is 1. The van der Waals surface area contributed by atoms with Crippen LogP contribution in [0.2, 0.25) is 0 Å². The van der Waals surface area contributed by atoms with Crippen molar-refractivity contribution in [3.05, 3.63) is 11.9 Å². The highest BCUT2D eigenvalue weighted by Crippen LogP contribution is 2.37. The zero-order valence-corrected chi connectivity index (χ0v) is 9.15. The molecule has 0 saturated heterocycles. The van der Waals surface area contributed by atoms with E-state index < -0.39 is 5.60 Å². The third-order valence-electron chi connectivity index (χ3n) is 2.56. The molecule has 5 heteroatoms. The highest BCUT2D eigenvalue weighted by Gasteiger charge is 2.42. The molecule has 80 valence electrons. The van der Waals surface area contributed by atoms with E-state index in [9.17, 15) is 5.11 Å². The van der Waals surface area contributed by atoms with E-state index in [1.54, 1.807) is 17.9 Å². The Kier molecular flexibility index (Phi) is 2.65. The van der Waals surface area contributed by atoms with Crippen molar-refractivity contribution in [2.24, 2.45) is 18.2 Å². The van der Waals surface area contributed by atoms with Crippen LogP contribution >= 0.6 is 0 Å². The zero-order valence-electron chi connectivity index (χ0n) is 9.15. The summed E-state index contributed by atoms with van der Waals surface area (Å²) in [6, 6.07) is 0. The molecular weight excluding hydrogens is 180 g/mol. The molecule has 1 aromatic rings. The fourth-order valence-corrected chi connectivity index (χ4v) is 1.33. The molecular formula is C9H18N4O. The summed E-state index contributed by atoms with van der Waals surface area (Å²) in [7, 11) is 1.76. The molecule has 1 heterocycles. The van der Waals surface area contributed by atoms with E-state index in [4.69, 9.17) is 5.73 Å². The molecule has 1 atom stereocenters. The minimum atomic E-state index is -1.12. The summed E-state index contributed by atoms with van der Waals surface area (Å²) in [5, 5.41) is 18.1. The Labute approximate surface area is 83.9 Å². The van der Waals surface area contributed by atoms with E-state index in [0.29, 0.717) is 5.69 Å². The first kappa shape index (κ1) is 11.1. The summed E-state index contributed by atoms with van der Waals surface area (Å²) in [4.78, 5) is 0. The number of nitrogens with two attached hydrogens (primary N) is 1. The second-order valence-electron chi connectivity index (χ2n) is 4.59. The van der Waals surface area contributed by atoms with Crippen molar-refractivity contribution in [2.45, 2.75) is 26.4 Å². The Bertz CT molecular complexity index is 315. The van der Waals surface area contributed by atoms with Gasteiger partial charge in [0.15, 0.2) is 0 Å². The molecule has 0 aliphatic heterocycles. The van der Waals surface area contributed by atoms with E-state index in [1.807, 2.05) is 20.8 Å². The van der Waals surface area contributed by atoms with Gasteiger partial charge in [-0.3, -0.25) is 4.68 Å². The summed E-state index contributed by atoms with van der Waals surface area (Å²) in [5.74, 6) is 0. The van der Waals surface area contributed by atoms with Gasteiger partial charge < -0.3 is 10.8 Å². The molecule has 0 fully saturated rings. The van der Waals surface area contributed by atoms with Crippen molar-refractivity contribution in [1.82, 2.24) is 15.0 Å². The topological polar surface area (TPSA) is 77.0 Å². The maximum Gasteiger partial charge on any atom is 0.127 e. The van der Waals surface area contributed by atoms with Gasteiger partial charge in [-0.2, -0.15) is 0 Å². The molecule has 0 aliphatic carbocycles. The van der Waals surface area contributed by atoms with Crippen molar-refractivity contribution in [3.8, 4) is 0 Å². The van der Waals surface area contributed by atoms with Crippen molar-refractivity contribution >= 4 is 0 Å². The standard InChI is InChI=1S/C9H18N4O/c1-8(2,3)9(14,6-10)7-5-13(4)12-11-7/h5,14H,6,10H2,1-4H3. The smallest absolute Gasteiger partial charge is 0.127 e. The highest BCUT2D eigenvalue weighted by atomic mass is 16.3. The highest BCUT2D eigenvalue weighted by molar-refractivity contribution is 5.12. The second-order valence-corrected chi connectivity index (χ2v) is 4.59. The van der Waals surface area contributed by atoms with Crippen molar-refractivity contribution in [3.63, 3.8) is 0 Å². The summed E-state index contributed by atoms with van der Waals surface area (Å²) in [6.07, 6.45) is 1.69. The lowest BCUT2D eigenvalue weighted by molar-refractivity contribution is -0.0593. The molecule has 1 aromatic heterocycles. The quantitative estimate of drug-likeness (QED) is 0.701. The minimum Gasteiger partial charge on any atom is -0.382 e. The van der Waals surface area contributed by atoms with Crippen molar-refractivity contribution in [1.29, 1.82) is 0 Å². The third-order valence-corrected chi connectivity index (χ3v) is 2.56. The Morgan fingerprint density at radius 3 is 2.36 bits per heavy atom. The van der Waals surface area contributed by atoms with E-state index >= 15 is 0 Å². The Morgan fingerprint density at radius 1 is 1.50 bits per heavy atom. The molecule has 5 nitrogen and oxygen atoms in total. The Balaban J connectivity index is 3.14. The van der Waals surface area contributed by atoms with Crippen LogP contribution in [0.15, 0.2) is 6.20 Å². The zero-order chi connectivity index (χ0) is 11.0. The maximum atomic E-state index is 10.4. The lowest BCUT2D eigenvalue weighted by atomic mass is 9.74. The van der Waals surface area contributed by atoms with Gasteiger partial charge in [-0.15, -0.1) is 5.10 Å². The van der Waals surface area contributed by atoms with Gasteiger partial charge in [0.25, 0.3) is 0 Å². The number of nitrogens with zero attached hydrogens (tertiary/aromatic N) is 3. The Morgan fingerprint density at radius 2 is 2.07 bits per heavy atom. The fourth-order valence-electron chi connectivity index (χ4n) is 1.33. The van der Waals surface area contributed by atoms with Crippen LogP contribution in [-0.2, 0) is 12.6 Å². The van der Waals surface area contributed by atoms with Gasteiger partial charge in [0.05, 0.1) is 6.20 Å². The predicted molar refractivity (Wildman–Crippen MR) is 53.4 cm³/mol. The second kappa shape index (κ2) is 3.33. The lowest BCUT2D eigenvalue weighted by Gasteiger charge is -2.37. The van der Waals surface area contributed by atoms with E-state index in [-0.39, 0.29) is 12.0 Å². The van der Waals surface area contributed by atoms with Gasteiger partial charge in [-0.1, -0.05) is 26.0 Å². The lowest BCUT2D eigenvalue weighted by Crippen LogP contribution is -2.46. The maximum absolute atomic E-state index is 10.4. The van der Waals surface area contributed by atoms with Crippen LogP contribution in [0.4, 0.5) is 0 Å². The van der Waals surface area contributed by atoms with Crippen LogP contribution in [0.1, 0.15) is 26.5 Å². The molecule has 0 bridgehead atoms. The SMILES string of the molecule is Cn1cc(C(O)(CN)C(C)(C)C)nn1. The van der Waals surface area contributed by atoms with Gasteiger partial charge >= 0.3 is 0 Å². The van der Waals surface area contributed by atoms with Crippen LogP contribution < -0.4 is 5.73 Å². The monoisotopic (exact) mass is 198 g/mol. The number of hydrogen-bond donors (Lipinski definition) is 2. The molecule has 0 amide bonds. The number of rotatable bonds is 2. The average molecular weight is 198 g/mol. The van der Waals surface area contributed by atoms with E-state index in [1.165, 1.54) is 0 Å². The van der Waals surface area contributed by atoms with Crippen molar-refractivity contribution in [2.75, 3.05) is 6.54 Å². The fraction of sp³-hybridized carbons (Fsp3) is 0.778. The van der Waals surface area contributed by atoms with Gasteiger partial charge in [0.2, 0.25) is 0 Å². The van der Waals surface area contributed by atoms with Crippen LogP contribution in [0.25, 0.3) is 0 Å². The van der Waals surface area contributed by atoms with Gasteiger partial charge in [0, 0.05) is 13.6 Å². The predicted octanol–water partition coefficient (Wildman–Crippen LogP) is 0.00750. The number of aryl methyl sites for hydroxylation is 1. The van der Waals surface area contributed by atoms with Gasteiger partial charge in [-0.05, 0) is 5.41 Å². The molecule has 0 aliphatic rings. The first-order valence-electron chi connectivity index (χ1n) is 4.60. The minimum absolute atomic E-state index is 0.134. The van der Waals surface area contributed by atoms with E-state index in [0.717, 1.165) is 0 Å². The molecule has 1 rings (SSSR count). The summed E-state index contributed by atoms with van der Waals surface area (Å²) >= 11 is 0. The summed E-state index contributed by atoms with van der Waals surface area (Å²) in [5.41, 5.74) is 4.64. The summed E-state index contributed by atoms with van der Waals surface area (Å²) < 4.78 is 1.56. The average Bonchev–Trinajstić information content (AvgIpc) is 2.48. The molecule has 0 saturated carbocycles. The molecule has 0 aromatic carbocycles.